The van der Waals surface area contributed by atoms with Gasteiger partial charge in [-0.25, -0.2) is 0 Å². The number of nitrogens with one attached hydrogen (secondary N) is 1. The Kier molecular flexibility index (Phi) is 6.37. The van der Waals surface area contributed by atoms with Gasteiger partial charge in [0.1, 0.15) is 0 Å². The number of benzene rings is 1. The van der Waals surface area contributed by atoms with Crippen molar-refractivity contribution in [2.75, 3.05) is 18.1 Å². The van der Waals surface area contributed by atoms with Crippen LogP contribution in [0.2, 0.25) is 0 Å². The molecule has 138 valence electrons. The van der Waals surface area contributed by atoms with Crippen LogP contribution in [-0.2, 0) is 21.2 Å². The number of thioether (sulfide) groups is 1. The highest BCUT2D eigenvalue weighted by Crippen LogP contribution is 2.43. The molecule has 1 aliphatic rings. The normalized spacial score (nSPS) is 16.6. The summed E-state index contributed by atoms with van der Waals surface area (Å²) in [6.45, 7) is 0.289. The van der Waals surface area contributed by atoms with E-state index in [1.54, 1.807) is 6.07 Å². The molecular weight excluding hydrogens is 355 g/mol. The van der Waals surface area contributed by atoms with Gasteiger partial charge >= 0.3 is 12.1 Å². The Labute approximate surface area is 148 Å². The Morgan fingerprint density at radius 1 is 1.24 bits per heavy atom. The molecule has 0 atom stereocenters. The average molecular weight is 375 g/mol. The fraction of sp³-hybridized carbons (Fsp3) is 0.529. The minimum Gasteiger partial charge on any atom is -0.481 e. The second-order valence-corrected chi connectivity index (χ2v) is 7.18. The van der Waals surface area contributed by atoms with Crippen LogP contribution in [0.1, 0.15) is 36.8 Å². The number of hydrogen-bond donors (Lipinski definition) is 2. The second kappa shape index (κ2) is 8.12. The molecule has 1 aromatic carbocycles. The van der Waals surface area contributed by atoms with Crippen LogP contribution in [0.25, 0.3) is 0 Å². The van der Waals surface area contributed by atoms with Gasteiger partial charge in [0.25, 0.3) is 0 Å². The van der Waals surface area contributed by atoms with Crippen molar-refractivity contribution in [3.63, 3.8) is 0 Å². The molecule has 0 bridgehead atoms. The Morgan fingerprint density at radius 3 is 2.52 bits per heavy atom. The predicted octanol–water partition coefficient (Wildman–Crippen LogP) is 3.45. The average Bonchev–Trinajstić information content (AvgIpc) is 3.04. The van der Waals surface area contributed by atoms with E-state index in [-0.39, 0.29) is 18.2 Å². The SMILES string of the molecule is O=C(O)CSCCNC(=O)C1(c2cccc(C(F)(F)F)c2)CCCC1. The van der Waals surface area contributed by atoms with Crippen molar-refractivity contribution in [2.24, 2.45) is 0 Å². The predicted molar refractivity (Wildman–Crippen MR) is 89.6 cm³/mol. The van der Waals surface area contributed by atoms with Crippen LogP contribution in [0.5, 0.6) is 0 Å². The van der Waals surface area contributed by atoms with Gasteiger partial charge in [0.05, 0.1) is 16.7 Å². The smallest absolute Gasteiger partial charge is 0.416 e. The van der Waals surface area contributed by atoms with Crippen LogP contribution in [0, 0.1) is 0 Å². The van der Waals surface area contributed by atoms with Crippen molar-refractivity contribution >= 4 is 23.6 Å². The summed E-state index contributed by atoms with van der Waals surface area (Å²) in [6.07, 6.45) is -1.83. The second-order valence-electron chi connectivity index (χ2n) is 6.07. The van der Waals surface area contributed by atoms with Crippen molar-refractivity contribution in [1.29, 1.82) is 0 Å². The summed E-state index contributed by atoms with van der Waals surface area (Å²) in [5.41, 5.74) is -1.28. The van der Waals surface area contributed by atoms with E-state index < -0.39 is 23.1 Å². The zero-order chi connectivity index (χ0) is 18.5. The molecule has 2 N–H and O–H groups in total. The summed E-state index contributed by atoms with van der Waals surface area (Å²) in [5.74, 6) is -0.807. The van der Waals surface area contributed by atoms with Crippen LogP contribution in [-0.4, -0.2) is 35.0 Å². The minimum atomic E-state index is -4.44. The molecule has 2 rings (SSSR count). The lowest BCUT2D eigenvalue weighted by Gasteiger charge is -2.29. The van der Waals surface area contributed by atoms with Crippen LogP contribution >= 0.6 is 11.8 Å². The maximum Gasteiger partial charge on any atom is 0.416 e. The number of carboxylic acid groups (broad SMARTS) is 1. The molecule has 0 spiro atoms. The van der Waals surface area contributed by atoms with Crippen molar-refractivity contribution < 1.29 is 27.9 Å². The van der Waals surface area contributed by atoms with Gasteiger partial charge in [-0.05, 0) is 24.5 Å². The quantitative estimate of drug-likeness (QED) is 0.717. The van der Waals surface area contributed by atoms with Crippen LogP contribution in [0.3, 0.4) is 0 Å². The summed E-state index contributed by atoms with van der Waals surface area (Å²) in [6, 6.07) is 5.00. The van der Waals surface area contributed by atoms with Crippen molar-refractivity contribution in [3.8, 4) is 0 Å². The number of carbonyl (C=O) groups excluding carboxylic acids is 1. The molecule has 0 heterocycles. The highest BCUT2D eigenvalue weighted by atomic mass is 32.2. The number of carbonyl (C=O) groups is 2. The highest BCUT2D eigenvalue weighted by molar-refractivity contribution is 7.99. The summed E-state index contributed by atoms with van der Waals surface area (Å²) in [5, 5.41) is 11.3. The molecule has 0 unspecified atom stereocenters. The van der Waals surface area contributed by atoms with Crippen LogP contribution in [0.4, 0.5) is 13.2 Å². The Balaban J connectivity index is 2.10. The Bertz CT molecular complexity index is 628. The molecule has 0 saturated heterocycles. The van der Waals surface area contributed by atoms with E-state index in [0.717, 1.165) is 25.0 Å². The van der Waals surface area contributed by atoms with Gasteiger partial charge in [0.2, 0.25) is 5.91 Å². The lowest BCUT2D eigenvalue weighted by Crippen LogP contribution is -2.43. The van der Waals surface area contributed by atoms with E-state index >= 15 is 0 Å². The number of rotatable bonds is 7. The number of carboxylic acids is 1. The zero-order valence-corrected chi connectivity index (χ0v) is 14.4. The fourth-order valence-corrected chi connectivity index (χ4v) is 3.75. The van der Waals surface area contributed by atoms with Gasteiger partial charge in [-0.15, -0.1) is 11.8 Å². The molecule has 25 heavy (non-hydrogen) atoms. The Morgan fingerprint density at radius 2 is 1.92 bits per heavy atom. The minimum absolute atomic E-state index is 0.0470. The number of aliphatic carboxylic acids is 1. The topological polar surface area (TPSA) is 66.4 Å². The molecule has 1 amide bonds. The molecule has 4 nitrogen and oxygen atoms in total. The lowest BCUT2D eigenvalue weighted by atomic mass is 9.77. The summed E-state index contributed by atoms with van der Waals surface area (Å²) < 4.78 is 38.9. The maximum atomic E-state index is 13.0. The highest BCUT2D eigenvalue weighted by Gasteiger charge is 2.43. The molecule has 1 aromatic rings. The van der Waals surface area contributed by atoms with Gasteiger partial charge < -0.3 is 10.4 Å². The van der Waals surface area contributed by atoms with E-state index in [0.29, 0.717) is 24.2 Å². The van der Waals surface area contributed by atoms with Gasteiger partial charge in [-0.3, -0.25) is 9.59 Å². The summed E-state index contributed by atoms with van der Waals surface area (Å²) in [7, 11) is 0. The molecule has 0 aromatic heterocycles. The monoisotopic (exact) mass is 375 g/mol. The van der Waals surface area contributed by atoms with Crippen LogP contribution < -0.4 is 5.32 Å². The van der Waals surface area contributed by atoms with E-state index in [1.807, 2.05) is 0 Å². The standard InChI is InChI=1S/C17H20F3NO3S/c18-17(19,20)13-5-3-4-12(10-13)16(6-1-2-7-16)15(24)21-8-9-25-11-14(22)23/h3-5,10H,1-2,6-9,11H2,(H,21,24)(H,22,23). The van der Waals surface area contributed by atoms with E-state index in [2.05, 4.69) is 5.32 Å². The molecule has 8 heteroatoms. The number of alkyl halides is 3. The third-order valence-corrected chi connectivity index (χ3v) is 5.34. The first-order valence-corrected chi connectivity index (χ1v) is 9.17. The first-order chi connectivity index (χ1) is 11.8. The van der Waals surface area contributed by atoms with Gasteiger partial charge in [-0.2, -0.15) is 13.2 Å². The van der Waals surface area contributed by atoms with E-state index in [9.17, 15) is 22.8 Å². The first kappa shape index (κ1) is 19.6. The van der Waals surface area contributed by atoms with Gasteiger partial charge in [-0.1, -0.05) is 31.0 Å². The summed E-state index contributed by atoms with van der Waals surface area (Å²) in [4.78, 5) is 23.2. The number of amides is 1. The number of hydrogen-bond acceptors (Lipinski definition) is 3. The van der Waals surface area contributed by atoms with Crippen molar-refractivity contribution in [3.05, 3.63) is 35.4 Å². The molecule has 1 aliphatic carbocycles. The zero-order valence-electron chi connectivity index (χ0n) is 13.6. The molecular formula is C17H20F3NO3S. The third-order valence-electron chi connectivity index (χ3n) is 4.39. The van der Waals surface area contributed by atoms with Crippen molar-refractivity contribution in [1.82, 2.24) is 5.32 Å². The maximum absolute atomic E-state index is 13.0. The summed E-state index contributed by atoms with van der Waals surface area (Å²) >= 11 is 1.18. The van der Waals surface area contributed by atoms with Gasteiger partial charge in [0.15, 0.2) is 0 Å². The molecule has 1 fully saturated rings. The van der Waals surface area contributed by atoms with E-state index in [4.69, 9.17) is 5.11 Å². The fourth-order valence-electron chi connectivity index (χ4n) is 3.18. The molecule has 0 aliphatic heterocycles. The Hall–Kier alpha value is -1.70. The van der Waals surface area contributed by atoms with Gasteiger partial charge in [0, 0.05) is 12.3 Å². The van der Waals surface area contributed by atoms with Crippen molar-refractivity contribution in [2.45, 2.75) is 37.3 Å². The third kappa shape index (κ3) is 4.90. The molecule has 0 radical (unpaired) electrons. The number of halogens is 3. The van der Waals surface area contributed by atoms with E-state index in [1.165, 1.54) is 17.8 Å². The largest absolute Gasteiger partial charge is 0.481 e. The lowest BCUT2D eigenvalue weighted by molar-refractivity contribution is -0.138. The van der Waals surface area contributed by atoms with Crippen LogP contribution in [0.15, 0.2) is 24.3 Å². The molecule has 1 saturated carbocycles. The first-order valence-electron chi connectivity index (χ1n) is 8.01.